The summed E-state index contributed by atoms with van der Waals surface area (Å²) in [5.74, 6) is 0.251. The second-order valence-corrected chi connectivity index (χ2v) is 8.63. The summed E-state index contributed by atoms with van der Waals surface area (Å²) in [6.45, 7) is 1.63. The van der Waals surface area contributed by atoms with Gasteiger partial charge in [-0.25, -0.2) is 4.79 Å². The maximum atomic E-state index is 12.6. The SMILES string of the molecule is Cc1cc(Cl)c(/C(Cl)=C/[C@@H](Nc2ccc(Cl)c(Cl)c2)[C@H]2CCCCC2=O)c(=O)o1. The van der Waals surface area contributed by atoms with Gasteiger partial charge in [0, 0.05) is 18.0 Å². The summed E-state index contributed by atoms with van der Waals surface area (Å²) >= 11 is 24.8. The number of hydrogen-bond acceptors (Lipinski definition) is 4. The number of rotatable bonds is 5. The minimum absolute atomic E-state index is 0.0723. The van der Waals surface area contributed by atoms with E-state index < -0.39 is 11.7 Å². The van der Waals surface area contributed by atoms with Crippen molar-refractivity contribution in [1.29, 1.82) is 0 Å². The first kappa shape index (κ1) is 22.2. The van der Waals surface area contributed by atoms with Crippen LogP contribution in [-0.4, -0.2) is 11.8 Å². The molecule has 154 valence electrons. The Labute approximate surface area is 188 Å². The van der Waals surface area contributed by atoms with Gasteiger partial charge in [0.2, 0.25) is 0 Å². The zero-order valence-electron chi connectivity index (χ0n) is 15.6. The van der Waals surface area contributed by atoms with Crippen LogP contribution in [0.1, 0.15) is 37.0 Å². The smallest absolute Gasteiger partial charge is 0.346 e. The molecule has 1 heterocycles. The van der Waals surface area contributed by atoms with E-state index >= 15 is 0 Å². The van der Waals surface area contributed by atoms with Crippen LogP contribution in [0.3, 0.4) is 0 Å². The number of anilines is 1. The fourth-order valence-corrected chi connectivity index (χ4v) is 4.45. The van der Waals surface area contributed by atoms with Crippen molar-refractivity contribution in [2.75, 3.05) is 5.32 Å². The third kappa shape index (κ3) is 5.37. The predicted octanol–water partition coefficient (Wildman–Crippen LogP) is 6.73. The van der Waals surface area contributed by atoms with E-state index in [1.165, 1.54) is 6.07 Å². The predicted molar refractivity (Wildman–Crippen MR) is 119 cm³/mol. The molecule has 1 aromatic heterocycles. The molecule has 0 saturated heterocycles. The summed E-state index contributed by atoms with van der Waals surface area (Å²) in [7, 11) is 0. The number of ketones is 1. The lowest BCUT2D eigenvalue weighted by Crippen LogP contribution is -2.35. The Hall–Kier alpha value is -1.46. The molecule has 1 saturated carbocycles. The van der Waals surface area contributed by atoms with Gasteiger partial charge in [0.05, 0.1) is 31.7 Å². The molecule has 3 rings (SSSR count). The fourth-order valence-electron chi connectivity index (χ4n) is 3.45. The molecule has 2 aromatic rings. The van der Waals surface area contributed by atoms with Gasteiger partial charge in [-0.15, -0.1) is 0 Å². The first-order chi connectivity index (χ1) is 13.8. The largest absolute Gasteiger partial charge is 0.428 e. The molecule has 0 radical (unpaired) electrons. The summed E-state index contributed by atoms with van der Waals surface area (Å²) < 4.78 is 5.12. The Morgan fingerprint density at radius 2 is 1.90 bits per heavy atom. The standard InChI is InChI=1S/C21H19Cl4NO3/c1-11-8-16(24)20(21(28)29-11)17(25)10-18(13-4-2-3-5-19(13)27)26-12-6-7-14(22)15(23)9-12/h6-10,13,18,26H,2-5H2,1H3/b17-10-/t13-,18-/m1/s1. The summed E-state index contributed by atoms with van der Waals surface area (Å²) in [4.78, 5) is 24.8. The average Bonchev–Trinajstić information content (AvgIpc) is 2.64. The number of aryl methyl sites for hydroxylation is 1. The van der Waals surface area contributed by atoms with Crippen LogP contribution in [0.5, 0.6) is 0 Å². The van der Waals surface area contributed by atoms with Crippen molar-refractivity contribution in [3.63, 3.8) is 0 Å². The molecule has 0 spiro atoms. The lowest BCUT2D eigenvalue weighted by molar-refractivity contribution is -0.124. The molecule has 2 atom stereocenters. The molecule has 1 aliphatic carbocycles. The topological polar surface area (TPSA) is 59.3 Å². The van der Waals surface area contributed by atoms with Crippen LogP contribution < -0.4 is 10.9 Å². The number of Topliss-reactive ketones (excluding diaryl/α,β-unsaturated/α-hetero) is 1. The summed E-state index contributed by atoms with van der Waals surface area (Å²) in [6.07, 6.45) is 4.69. The highest BCUT2D eigenvalue weighted by Gasteiger charge is 2.30. The average molecular weight is 475 g/mol. The Kier molecular flexibility index (Phi) is 7.33. The van der Waals surface area contributed by atoms with Crippen LogP contribution in [0.15, 0.2) is 39.6 Å². The van der Waals surface area contributed by atoms with Crippen LogP contribution in [0.4, 0.5) is 5.69 Å². The van der Waals surface area contributed by atoms with Crippen molar-refractivity contribution in [2.45, 2.75) is 38.6 Å². The first-order valence-electron chi connectivity index (χ1n) is 9.18. The zero-order valence-corrected chi connectivity index (χ0v) is 18.6. The van der Waals surface area contributed by atoms with E-state index in [-0.39, 0.29) is 27.3 Å². The van der Waals surface area contributed by atoms with Crippen molar-refractivity contribution >= 4 is 62.9 Å². The van der Waals surface area contributed by atoms with Gasteiger partial charge < -0.3 is 9.73 Å². The van der Waals surface area contributed by atoms with Crippen LogP contribution in [-0.2, 0) is 4.79 Å². The molecule has 1 aliphatic rings. The van der Waals surface area contributed by atoms with Crippen LogP contribution in [0, 0.1) is 12.8 Å². The number of halogens is 4. The molecule has 4 nitrogen and oxygen atoms in total. The molecule has 1 aromatic carbocycles. The van der Waals surface area contributed by atoms with E-state index in [2.05, 4.69) is 5.32 Å². The van der Waals surface area contributed by atoms with Gasteiger partial charge in [-0.1, -0.05) is 52.8 Å². The summed E-state index contributed by atoms with van der Waals surface area (Å²) in [5, 5.41) is 4.44. The fraction of sp³-hybridized carbons (Fsp3) is 0.333. The number of benzene rings is 1. The number of carbonyl (C=O) groups excluding carboxylic acids is 1. The number of nitrogens with one attached hydrogen (secondary N) is 1. The molecule has 29 heavy (non-hydrogen) atoms. The monoisotopic (exact) mass is 473 g/mol. The molecule has 1 fully saturated rings. The van der Waals surface area contributed by atoms with Gasteiger partial charge in [0.15, 0.2) is 0 Å². The molecule has 0 bridgehead atoms. The van der Waals surface area contributed by atoms with Gasteiger partial charge in [-0.3, -0.25) is 4.79 Å². The van der Waals surface area contributed by atoms with Crippen molar-refractivity contribution in [1.82, 2.24) is 0 Å². The third-order valence-electron chi connectivity index (χ3n) is 4.88. The van der Waals surface area contributed by atoms with E-state index in [4.69, 9.17) is 50.8 Å². The molecule has 0 aliphatic heterocycles. The number of carbonyl (C=O) groups is 1. The van der Waals surface area contributed by atoms with E-state index in [1.807, 2.05) is 0 Å². The lowest BCUT2D eigenvalue weighted by Gasteiger charge is -2.29. The highest BCUT2D eigenvalue weighted by Crippen LogP contribution is 2.32. The van der Waals surface area contributed by atoms with Crippen molar-refractivity contribution in [3.8, 4) is 0 Å². The van der Waals surface area contributed by atoms with Crippen molar-refractivity contribution in [3.05, 3.63) is 67.2 Å². The van der Waals surface area contributed by atoms with Crippen molar-refractivity contribution < 1.29 is 9.21 Å². The van der Waals surface area contributed by atoms with Crippen LogP contribution in [0.2, 0.25) is 15.1 Å². The van der Waals surface area contributed by atoms with Gasteiger partial charge in [-0.05, 0) is 50.1 Å². The van der Waals surface area contributed by atoms with Crippen LogP contribution >= 0.6 is 46.4 Å². The van der Waals surface area contributed by atoms with Crippen LogP contribution in [0.25, 0.3) is 5.03 Å². The minimum atomic E-state index is -0.625. The summed E-state index contributed by atoms with van der Waals surface area (Å²) in [6, 6.07) is 6.19. The van der Waals surface area contributed by atoms with E-state index in [0.29, 0.717) is 34.3 Å². The second kappa shape index (κ2) is 9.57. The maximum absolute atomic E-state index is 12.6. The molecule has 1 N–H and O–H groups in total. The molecule has 0 amide bonds. The molecule has 8 heteroatoms. The first-order valence-corrected chi connectivity index (χ1v) is 10.7. The van der Waals surface area contributed by atoms with Gasteiger partial charge in [-0.2, -0.15) is 0 Å². The maximum Gasteiger partial charge on any atom is 0.346 e. The van der Waals surface area contributed by atoms with E-state index in [0.717, 1.165) is 12.8 Å². The Bertz CT molecular complexity index is 1020. The highest BCUT2D eigenvalue weighted by atomic mass is 35.5. The quantitative estimate of drug-likeness (QED) is 0.521. The van der Waals surface area contributed by atoms with Gasteiger partial charge >= 0.3 is 5.63 Å². The highest BCUT2D eigenvalue weighted by molar-refractivity contribution is 6.50. The molecular formula is C21H19Cl4NO3. The van der Waals surface area contributed by atoms with Crippen molar-refractivity contribution in [2.24, 2.45) is 5.92 Å². The van der Waals surface area contributed by atoms with Gasteiger partial charge in [0.1, 0.15) is 11.5 Å². The van der Waals surface area contributed by atoms with Gasteiger partial charge in [0.25, 0.3) is 0 Å². The minimum Gasteiger partial charge on any atom is -0.428 e. The Morgan fingerprint density at radius 3 is 2.55 bits per heavy atom. The zero-order chi connectivity index (χ0) is 21.1. The van der Waals surface area contributed by atoms with E-state index in [9.17, 15) is 9.59 Å². The third-order valence-corrected chi connectivity index (χ3v) is 6.23. The Morgan fingerprint density at radius 1 is 1.14 bits per heavy atom. The second-order valence-electron chi connectivity index (χ2n) is 7.00. The van der Waals surface area contributed by atoms with E-state index in [1.54, 1.807) is 31.2 Å². The number of hydrogen-bond donors (Lipinski definition) is 1. The normalized spacial score (nSPS) is 18.6. The Balaban J connectivity index is 2.00. The molecule has 0 unspecified atom stereocenters. The lowest BCUT2D eigenvalue weighted by atomic mass is 9.82. The molecular weight excluding hydrogens is 456 g/mol. The summed E-state index contributed by atoms with van der Waals surface area (Å²) in [5.41, 5.74) is 0.133.